The van der Waals surface area contributed by atoms with E-state index >= 15 is 0 Å². The quantitative estimate of drug-likeness (QED) is 0.158. The topological polar surface area (TPSA) is 66.4 Å². The molecule has 0 amide bonds. The van der Waals surface area contributed by atoms with Crippen molar-refractivity contribution in [3.63, 3.8) is 0 Å². The Morgan fingerprint density at radius 3 is 1.69 bits per heavy atom. The van der Waals surface area contributed by atoms with Crippen molar-refractivity contribution in [1.29, 1.82) is 0 Å². The lowest BCUT2D eigenvalue weighted by Crippen LogP contribution is -2.20. The Hall–Kier alpha value is -3.38. The van der Waals surface area contributed by atoms with Crippen molar-refractivity contribution in [3.05, 3.63) is 77.9 Å². The van der Waals surface area contributed by atoms with Gasteiger partial charge < -0.3 is 28.8 Å². The third-order valence-corrected chi connectivity index (χ3v) is 6.50. The summed E-state index contributed by atoms with van der Waals surface area (Å²) in [4.78, 5) is 0. The highest BCUT2D eigenvalue weighted by Crippen LogP contribution is 2.33. The molecule has 0 saturated heterocycles. The van der Waals surface area contributed by atoms with Gasteiger partial charge in [-0.2, -0.15) is 0 Å². The number of methoxy groups -OCH3 is 2. The second-order valence-corrected chi connectivity index (χ2v) is 9.18. The maximum absolute atomic E-state index is 9.36. The molecular formula is C36H60O6. The second kappa shape index (κ2) is 23.2. The van der Waals surface area contributed by atoms with Gasteiger partial charge in [-0.3, -0.25) is 0 Å². The maximum Gasteiger partial charge on any atom is 0.197 e. The zero-order chi connectivity index (χ0) is 27.9. The lowest BCUT2D eigenvalue weighted by molar-refractivity contribution is -0.0748. The van der Waals surface area contributed by atoms with Crippen LogP contribution in [-0.2, 0) is 4.74 Å². The molecule has 0 aliphatic heterocycles. The summed E-state index contributed by atoms with van der Waals surface area (Å²) in [5.74, 6) is 4.01. The van der Waals surface area contributed by atoms with Gasteiger partial charge in [0.2, 0.25) is 0 Å². The molecule has 3 unspecified atom stereocenters. The summed E-state index contributed by atoms with van der Waals surface area (Å²) in [6.45, 7) is 11.5. The van der Waals surface area contributed by atoms with Crippen molar-refractivity contribution >= 4 is 0 Å². The Labute approximate surface area is 258 Å². The molecule has 0 radical (unpaired) electrons. The molecule has 0 aliphatic carbocycles. The predicted octanol–water partition coefficient (Wildman–Crippen LogP) is 10.5. The fraction of sp³-hybridized carbons (Fsp3) is 0.500. The van der Waals surface area contributed by atoms with Gasteiger partial charge in [-0.15, -0.1) is 0 Å². The van der Waals surface area contributed by atoms with E-state index in [0.29, 0.717) is 36.5 Å². The van der Waals surface area contributed by atoms with Gasteiger partial charge in [-0.25, -0.2) is 0 Å². The van der Waals surface area contributed by atoms with Crippen LogP contribution in [0.3, 0.4) is 0 Å². The van der Waals surface area contributed by atoms with Crippen molar-refractivity contribution < 1.29 is 28.8 Å². The van der Waals surface area contributed by atoms with Crippen LogP contribution >= 0.6 is 0 Å². The zero-order valence-corrected chi connectivity index (χ0v) is 23.9. The molecule has 6 nitrogen and oxygen atoms in total. The van der Waals surface area contributed by atoms with Crippen LogP contribution in [0.5, 0.6) is 28.7 Å². The van der Waals surface area contributed by atoms with Gasteiger partial charge in [0.05, 0.1) is 20.8 Å². The van der Waals surface area contributed by atoms with E-state index in [-0.39, 0.29) is 41.7 Å². The molecule has 240 valence electrons. The normalized spacial score (nSPS) is 11.7. The van der Waals surface area contributed by atoms with Crippen molar-refractivity contribution in [1.82, 2.24) is 0 Å². The first kappa shape index (κ1) is 43.1. The van der Waals surface area contributed by atoms with Crippen LogP contribution in [0.1, 0.15) is 100 Å². The molecule has 0 bridgehead atoms. The number of rotatable bonds is 13. The van der Waals surface area contributed by atoms with Crippen LogP contribution in [0.4, 0.5) is 0 Å². The first-order valence-corrected chi connectivity index (χ1v) is 13.3. The summed E-state index contributed by atoms with van der Waals surface area (Å²) in [7, 11) is 3.22. The van der Waals surface area contributed by atoms with Crippen LogP contribution in [0.15, 0.2) is 66.7 Å². The second-order valence-electron chi connectivity index (χ2n) is 9.18. The molecule has 0 aromatic heterocycles. The summed E-state index contributed by atoms with van der Waals surface area (Å²) >= 11 is 0. The zero-order valence-electron chi connectivity index (χ0n) is 23.9. The van der Waals surface area contributed by atoms with E-state index < -0.39 is 0 Å². The molecule has 3 rings (SSSR count). The Morgan fingerprint density at radius 1 is 0.643 bits per heavy atom. The molecule has 0 saturated carbocycles. The van der Waals surface area contributed by atoms with E-state index in [4.69, 9.17) is 23.7 Å². The summed E-state index contributed by atoms with van der Waals surface area (Å²) in [6, 6.07) is 21.3. The third kappa shape index (κ3) is 14.0. The summed E-state index contributed by atoms with van der Waals surface area (Å²) in [5, 5.41) is 9.36. The summed E-state index contributed by atoms with van der Waals surface area (Å²) in [6.07, 6.45) is 1.79. The van der Waals surface area contributed by atoms with Gasteiger partial charge in [0, 0.05) is 0 Å². The maximum atomic E-state index is 9.36. The molecular weight excluding hydrogens is 528 g/mol. The molecule has 3 aromatic rings. The first-order chi connectivity index (χ1) is 18.3. The predicted molar refractivity (Wildman–Crippen MR) is 180 cm³/mol. The van der Waals surface area contributed by atoms with E-state index in [2.05, 4.69) is 33.8 Å². The minimum atomic E-state index is -0.386. The molecule has 42 heavy (non-hydrogen) atoms. The number of hydrogen-bond acceptors (Lipinski definition) is 6. The minimum Gasteiger partial charge on any atom is -0.504 e. The Kier molecular flexibility index (Phi) is 23.8. The molecule has 0 aliphatic rings. The van der Waals surface area contributed by atoms with E-state index in [1.54, 1.807) is 20.3 Å². The standard InChI is InChI=1S/C21H28O4.C11H16O2.4CH4/c1-5-16(2)18-11-12-20(21(15-18)22-4)25-17(3)23-13-14-24-19-9-7-6-8-10-19;1-4-8(2)9-5-6-10(12)11(7-9)13-3;;;;/h6-12,15-17H,5,13-14H2,1-4H3;5-8,12H,4H2,1-3H3;4*1H4. The number of aromatic hydroxyl groups is 1. The molecule has 0 fully saturated rings. The average Bonchev–Trinajstić information content (AvgIpc) is 2.95. The minimum absolute atomic E-state index is 0. The molecule has 0 spiro atoms. The molecule has 0 heterocycles. The van der Waals surface area contributed by atoms with Gasteiger partial charge in [0.15, 0.2) is 29.3 Å². The molecule has 3 aromatic carbocycles. The van der Waals surface area contributed by atoms with E-state index in [1.165, 1.54) is 11.1 Å². The van der Waals surface area contributed by atoms with Crippen molar-refractivity contribution in [2.24, 2.45) is 0 Å². The van der Waals surface area contributed by atoms with Crippen LogP contribution in [-0.4, -0.2) is 38.8 Å². The van der Waals surface area contributed by atoms with Crippen molar-refractivity contribution in [3.8, 4) is 28.7 Å². The number of hydrogen-bond donors (Lipinski definition) is 1. The Balaban J connectivity index is -0.000000771. The van der Waals surface area contributed by atoms with Crippen molar-refractivity contribution in [2.45, 2.75) is 95.3 Å². The molecule has 6 heteroatoms. The summed E-state index contributed by atoms with van der Waals surface area (Å²) < 4.78 is 27.6. The van der Waals surface area contributed by atoms with Crippen LogP contribution in [0.25, 0.3) is 0 Å². The van der Waals surface area contributed by atoms with Crippen LogP contribution in [0, 0.1) is 0 Å². The Bertz CT molecular complexity index is 1070. The lowest BCUT2D eigenvalue weighted by Gasteiger charge is -2.19. The largest absolute Gasteiger partial charge is 0.504 e. The highest BCUT2D eigenvalue weighted by Gasteiger charge is 2.13. The lowest BCUT2D eigenvalue weighted by atomic mass is 9.98. The van der Waals surface area contributed by atoms with Crippen LogP contribution in [0.2, 0.25) is 0 Å². The first-order valence-electron chi connectivity index (χ1n) is 13.3. The molecule has 1 N–H and O–H groups in total. The van der Waals surface area contributed by atoms with E-state index in [9.17, 15) is 5.11 Å². The van der Waals surface area contributed by atoms with Gasteiger partial charge in [0.1, 0.15) is 12.4 Å². The van der Waals surface area contributed by atoms with E-state index in [0.717, 1.165) is 24.3 Å². The molecule has 3 atom stereocenters. The van der Waals surface area contributed by atoms with Crippen LogP contribution < -0.4 is 18.9 Å². The summed E-state index contributed by atoms with van der Waals surface area (Å²) in [5.41, 5.74) is 2.45. The smallest absolute Gasteiger partial charge is 0.197 e. The number of para-hydroxylation sites is 1. The monoisotopic (exact) mass is 588 g/mol. The number of ether oxygens (including phenoxy) is 5. The van der Waals surface area contributed by atoms with Gasteiger partial charge in [0.25, 0.3) is 0 Å². The highest BCUT2D eigenvalue weighted by atomic mass is 16.7. The average molecular weight is 589 g/mol. The van der Waals surface area contributed by atoms with Gasteiger partial charge in [-0.1, -0.05) is 87.7 Å². The fourth-order valence-corrected chi connectivity index (χ4v) is 3.66. The number of phenolic OH excluding ortho intramolecular Hbond substituents is 1. The van der Waals surface area contributed by atoms with Gasteiger partial charge >= 0.3 is 0 Å². The van der Waals surface area contributed by atoms with E-state index in [1.807, 2.05) is 61.5 Å². The van der Waals surface area contributed by atoms with Crippen molar-refractivity contribution in [2.75, 3.05) is 27.4 Å². The SMILES string of the molecule is C.C.C.C.CCC(C)c1ccc(O)c(OC)c1.CCC(C)c1ccc(OC(C)OCCOc2ccccc2)c(OC)c1. The number of benzene rings is 3. The van der Waals surface area contributed by atoms with Gasteiger partial charge in [-0.05, 0) is 79.1 Å². The number of phenols is 1. The third-order valence-electron chi connectivity index (χ3n) is 6.50. The highest BCUT2D eigenvalue weighted by molar-refractivity contribution is 5.44. The fourth-order valence-electron chi connectivity index (χ4n) is 3.66. The Morgan fingerprint density at radius 2 is 1.17 bits per heavy atom.